The number of nitrogens with one attached hydrogen (secondary N) is 2. The largest absolute Gasteiger partial charge is 0.465 e. The minimum Gasteiger partial charge on any atom is -0.465 e. The molecule has 250 valence electrons. The lowest BCUT2D eigenvalue weighted by Crippen LogP contribution is -2.35. The maximum Gasteiger partial charge on any atom is 0.337 e. The van der Waals surface area contributed by atoms with Gasteiger partial charge in [-0.3, -0.25) is 4.79 Å². The number of ether oxygens (including phenoxy) is 1. The van der Waals surface area contributed by atoms with E-state index in [1.165, 1.54) is 50.5 Å². The lowest BCUT2D eigenvalue weighted by atomic mass is 10.0. The molecule has 0 aliphatic heterocycles. The van der Waals surface area contributed by atoms with E-state index in [4.69, 9.17) is 9.26 Å². The number of aromatic nitrogens is 2. The summed E-state index contributed by atoms with van der Waals surface area (Å²) in [6.07, 6.45) is 10.6. The summed E-state index contributed by atoms with van der Waals surface area (Å²) in [5.74, 6) is -1.53. The van der Waals surface area contributed by atoms with E-state index in [1.54, 1.807) is 24.3 Å². The fraction of sp³-hybridized carbons (Fsp3) is 0.257. The molecule has 0 saturated carbocycles. The van der Waals surface area contributed by atoms with Gasteiger partial charge >= 0.3 is 5.97 Å². The van der Waals surface area contributed by atoms with Crippen molar-refractivity contribution in [1.29, 1.82) is 0 Å². The smallest absolute Gasteiger partial charge is 0.337 e. The number of nitrogens with zero attached hydrogens (tertiary/aromatic N) is 3. The molecule has 0 bridgehead atoms. The number of benzene rings is 2. The molecule has 0 fully saturated rings. The van der Waals surface area contributed by atoms with Crippen LogP contribution in [-0.4, -0.2) is 51.6 Å². The summed E-state index contributed by atoms with van der Waals surface area (Å²) in [7, 11) is 1.16. The van der Waals surface area contributed by atoms with E-state index >= 15 is 0 Å². The minimum atomic E-state index is -4.04. The predicted octanol–water partition coefficient (Wildman–Crippen LogP) is 6.53. The second-order valence-electron chi connectivity index (χ2n) is 9.99. The molecule has 12 heteroatoms. The second kappa shape index (κ2) is 18.7. The average molecular weight is 662 g/mol. The molecule has 0 saturated heterocycles. The number of anilines is 2. The molecule has 2 N–H and O–H groups in total. The number of sulfonamides is 1. The zero-order valence-corrected chi connectivity index (χ0v) is 28.5. The molecule has 1 atom stereocenters. The van der Waals surface area contributed by atoms with Crippen molar-refractivity contribution in [3.8, 4) is 11.4 Å². The lowest BCUT2D eigenvalue weighted by Gasteiger charge is -2.19. The van der Waals surface area contributed by atoms with Gasteiger partial charge in [-0.15, -0.1) is 6.58 Å². The first kappa shape index (κ1) is 38.0. The van der Waals surface area contributed by atoms with Crippen LogP contribution in [0.15, 0.2) is 102 Å². The summed E-state index contributed by atoms with van der Waals surface area (Å²) in [4.78, 5) is 31.1. The van der Waals surface area contributed by atoms with Crippen LogP contribution in [0.5, 0.6) is 0 Å². The molecule has 1 amide bonds. The first-order valence-corrected chi connectivity index (χ1v) is 16.4. The van der Waals surface area contributed by atoms with Crippen LogP contribution in [0.2, 0.25) is 0 Å². The number of methoxy groups -OCH3 is 1. The van der Waals surface area contributed by atoms with Crippen molar-refractivity contribution in [2.75, 3.05) is 31.4 Å². The Balaban J connectivity index is 0.00000376. The molecule has 3 aromatic rings. The van der Waals surface area contributed by atoms with Gasteiger partial charge in [-0.05, 0) is 55.3 Å². The summed E-state index contributed by atoms with van der Waals surface area (Å²) < 4.78 is 37.5. The molecule has 1 unspecified atom stereocenters. The minimum absolute atomic E-state index is 0.0271. The van der Waals surface area contributed by atoms with E-state index in [0.717, 1.165) is 16.9 Å². The number of carbonyl (C=O) groups excluding carboxylic acids is 2. The molecule has 1 aromatic heterocycles. The van der Waals surface area contributed by atoms with Gasteiger partial charge < -0.3 is 19.5 Å². The molecule has 3 rings (SSSR count). The fourth-order valence-electron chi connectivity index (χ4n) is 4.05. The SMILES string of the molecule is C=C/C=C\C=C(/C)S(=O)(=O)NC(=O)C(/C=C/c1nc(-c2ccc(N(C)C)c(NCc3cccc(C(=O)OC)c3)c2)no1)CC=C.CC. The molecule has 1 heterocycles. The van der Waals surface area contributed by atoms with Crippen LogP contribution < -0.4 is 14.9 Å². The summed E-state index contributed by atoms with van der Waals surface area (Å²) in [6.45, 7) is 13.0. The molecule has 2 aromatic carbocycles. The van der Waals surface area contributed by atoms with E-state index in [1.807, 2.05) is 57.1 Å². The van der Waals surface area contributed by atoms with Crippen molar-refractivity contribution in [2.45, 2.75) is 33.7 Å². The van der Waals surface area contributed by atoms with Gasteiger partial charge in [-0.1, -0.05) is 68.1 Å². The van der Waals surface area contributed by atoms with Crippen LogP contribution in [0.3, 0.4) is 0 Å². The third kappa shape index (κ3) is 11.3. The van der Waals surface area contributed by atoms with E-state index < -0.39 is 27.8 Å². The van der Waals surface area contributed by atoms with Crippen LogP contribution >= 0.6 is 0 Å². The van der Waals surface area contributed by atoms with Gasteiger partial charge in [0.1, 0.15) is 0 Å². The second-order valence-corrected chi connectivity index (χ2v) is 11.8. The van der Waals surface area contributed by atoms with Crippen molar-refractivity contribution in [1.82, 2.24) is 14.9 Å². The summed E-state index contributed by atoms with van der Waals surface area (Å²) in [5.41, 5.74) is 3.75. The molecule has 0 aliphatic carbocycles. The number of amides is 1. The average Bonchev–Trinajstić information content (AvgIpc) is 3.55. The third-order valence-electron chi connectivity index (χ3n) is 6.47. The van der Waals surface area contributed by atoms with Crippen LogP contribution in [-0.2, 0) is 26.1 Å². The number of esters is 1. The number of hydrogen-bond donors (Lipinski definition) is 2. The first-order chi connectivity index (χ1) is 22.5. The van der Waals surface area contributed by atoms with Crippen molar-refractivity contribution in [3.63, 3.8) is 0 Å². The molecule has 0 spiro atoms. The Hall–Kier alpha value is -5.23. The quantitative estimate of drug-likeness (QED) is 0.105. The highest BCUT2D eigenvalue weighted by atomic mass is 32.2. The molecular weight excluding hydrogens is 618 g/mol. The standard InChI is InChI=1S/C33H37N5O6S.C2H6/c1-7-9-10-13-23(3)45(41,42)37-32(39)25(12-8-2)17-19-30-35-31(36-44-30)26-16-18-29(38(4)5)28(21-26)34-22-24-14-11-15-27(20-24)33(40)43-6;1-2/h7-11,13-21,25,34H,1-2,12,22H2,3-6H3,(H,37,39);1-2H3/b10-9-,19-17+,23-13+;. The van der Waals surface area contributed by atoms with Gasteiger partial charge in [0, 0.05) is 32.3 Å². The number of rotatable bonds is 15. The third-order valence-corrected chi connectivity index (χ3v) is 7.93. The summed E-state index contributed by atoms with van der Waals surface area (Å²) in [5, 5.41) is 7.49. The van der Waals surface area contributed by atoms with E-state index in [0.29, 0.717) is 23.5 Å². The van der Waals surface area contributed by atoms with Gasteiger partial charge in [0.25, 0.3) is 15.9 Å². The lowest BCUT2D eigenvalue weighted by molar-refractivity contribution is -0.121. The highest BCUT2D eigenvalue weighted by molar-refractivity contribution is 7.93. The summed E-state index contributed by atoms with van der Waals surface area (Å²) >= 11 is 0. The van der Waals surface area contributed by atoms with Crippen molar-refractivity contribution in [3.05, 3.63) is 114 Å². The first-order valence-electron chi connectivity index (χ1n) is 14.9. The Morgan fingerprint density at radius 2 is 1.85 bits per heavy atom. The normalized spacial score (nSPS) is 12.2. The van der Waals surface area contributed by atoms with Crippen LogP contribution in [0.25, 0.3) is 17.5 Å². The van der Waals surface area contributed by atoms with Gasteiger partial charge in [-0.2, -0.15) is 4.98 Å². The number of hydrogen-bond acceptors (Lipinski definition) is 10. The maximum absolute atomic E-state index is 12.8. The Morgan fingerprint density at radius 3 is 2.51 bits per heavy atom. The van der Waals surface area contributed by atoms with E-state index in [-0.39, 0.29) is 17.2 Å². The van der Waals surface area contributed by atoms with Crippen molar-refractivity contribution in [2.24, 2.45) is 5.92 Å². The highest BCUT2D eigenvalue weighted by Gasteiger charge is 2.22. The fourth-order valence-corrected chi connectivity index (χ4v) is 4.88. The van der Waals surface area contributed by atoms with Crippen LogP contribution in [0.4, 0.5) is 11.4 Å². The molecule has 47 heavy (non-hydrogen) atoms. The highest BCUT2D eigenvalue weighted by Crippen LogP contribution is 2.30. The van der Waals surface area contributed by atoms with Crippen LogP contribution in [0, 0.1) is 5.92 Å². The Kier molecular flexibility index (Phi) is 15.1. The molecule has 11 nitrogen and oxygen atoms in total. The molecule has 0 radical (unpaired) electrons. The van der Waals surface area contributed by atoms with E-state index in [2.05, 4.69) is 33.3 Å². The number of carbonyl (C=O) groups is 2. The van der Waals surface area contributed by atoms with Gasteiger partial charge in [-0.25, -0.2) is 17.9 Å². The zero-order valence-electron chi connectivity index (χ0n) is 27.7. The zero-order chi connectivity index (χ0) is 35.0. The molecule has 0 aliphatic rings. The van der Waals surface area contributed by atoms with Gasteiger partial charge in [0.15, 0.2) is 0 Å². The maximum atomic E-state index is 12.8. The van der Waals surface area contributed by atoms with Gasteiger partial charge in [0.2, 0.25) is 11.7 Å². The predicted molar refractivity (Wildman–Crippen MR) is 188 cm³/mol. The Labute approximate surface area is 277 Å². The Bertz CT molecular complexity index is 1740. The van der Waals surface area contributed by atoms with Crippen molar-refractivity contribution < 1.29 is 27.3 Å². The molecular formula is C35H43N5O6S. The van der Waals surface area contributed by atoms with Gasteiger partial charge in [0.05, 0.1) is 34.9 Å². The van der Waals surface area contributed by atoms with Crippen molar-refractivity contribution >= 4 is 39.4 Å². The Morgan fingerprint density at radius 1 is 1.11 bits per heavy atom. The number of allylic oxidation sites excluding steroid dienone is 6. The van der Waals surface area contributed by atoms with E-state index in [9.17, 15) is 18.0 Å². The monoisotopic (exact) mass is 661 g/mol. The topological polar surface area (TPSA) is 144 Å². The summed E-state index contributed by atoms with van der Waals surface area (Å²) in [6, 6.07) is 12.8. The van der Waals surface area contributed by atoms with Crippen LogP contribution in [0.1, 0.15) is 49.0 Å².